The van der Waals surface area contributed by atoms with Gasteiger partial charge in [0.05, 0.1) is 7.11 Å². The summed E-state index contributed by atoms with van der Waals surface area (Å²) < 4.78 is 37.0. The van der Waals surface area contributed by atoms with Crippen LogP contribution in [-0.4, -0.2) is 71.1 Å². The lowest BCUT2D eigenvalue weighted by atomic mass is 9.84. The van der Waals surface area contributed by atoms with Gasteiger partial charge >= 0.3 is 12.1 Å². The zero-order valence-electron chi connectivity index (χ0n) is 19.9. The summed E-state index contributed by atoms with van der Waals surface area (Å²) in [5.74, 6) is 0.713. The van der Waals surface area contributed by atoms with E-state index in [-0.39, 0.29) is 5.91 Å². The first-order valence-electron chi connectivity index (χ1n) is 11.4. The molecule has 1 N–H and O–H groups in total. The Labute approximate surface area is 197 Å². The van der Waals surface area contributed by atoms with Gasteiger partial charge in [0, 0.05) is 32.1 Å². The van der Waals surface area contributed by atoms with E-state index in [1.54, 1.807) is 7.11 Å². The molecule has 3 aliphatic rings. The van der Waals surface area contributed by atoms with Crippen molar-refractivity contribution in [2.75, 3.05) is 26.7 Å². The highest BCUT2D eigenvalue weighted by atomic mass is 19.4. The van der Waals surface area contributed by atoms with Crippen LogP contribution in [0.4, 0.5) is 13.2 Å². The Hall–Kier alpha value is -2.62. The van der Waals surface area contributed by atoms with Crippen molar-refractivity contribution in [3.63, 3.8) is 0 Å². The molecule has 3 atom stereocenters. The second kappa shape index (κ2) is 9.93. The first-order chi connectivity index (χ1) is 15.9. The highest BCUT2D eigenvalue weighted by molar-refractivity contribution is 6.07. The van der Waals surface area contributed by atoms with Gasteiger partial charge in [0.1, 0.15) is 17.1 Å². The van der Waals surface area contributed by atoms with Crippen LogP contribution >= 0.6 is 0 Å². The van der Waals surface area contributed by atoms with Crippen LogP contribution in [0.2, 0.25) is 0 Å². The van der Waals surface area contributed by atoms with E-state index in [2.05, 4.69) is 30.9 Å². The number of carbonyl (C=O) groups is 2. The number of ether oxygens (including phenoxy) is 1. The third-order valence-electron chi connectivity index (χ3n) is 6.75. The highest BCUT2D eigenvalue weighted by Crippen LogP contribution is 2.50. The summed E-state index contributed by atoms with van der Waals surface area (Å²) in [5.41, 5.74) is 0.807. The maximum Gasteiger partial charge on any atom is 0.490 e. The Morgan fingerprint density at radius 3 is 2.41 bits per heavy atom. The maximum atomic E-state index is 13.3. The number of halogens is 3. The van der Waals surface area contributed by atoms with Crippen molar-refractivity contribution in [1.29, 1.82) is 0 Å². The Balaban J connectivity index is 0.000000406. The number of benzene rings is 1. The molecule has 1 spiro atoms. The molecule has 2 heterocycles. The lowest BCUT2D eigenvalue weighted by Gasteiger charge is -2.29. The van der Waals surface area contributed by atoms with Crippen molar-refractivity contribution in [3.8, 4) is 5.75 Å². The summed E-state index contributed by atoms with van der Waals surface area (Å²) in [6, 6.07) is 8.31. The van der Waals surface area contributed by atoms with Crippen LogP contribution in [-0.2, 0) is 16.1 Å². The van der Waals surface area contributed by atoms with Gasteiger partial charge in [-0.1, -0.05) is 26.0 Å². The Morgan fingerprint density at radius 2 is 1.88 bits per heavy atom. The minimum atomic E-state index is -5.08. The molecule has 2 aliphatic heterocycles. The first-order valence-corrected chi connectivity index (χ1v) is 11.4. The molecule has 10 heteroatoms. The molecular formula is C24H32F3N3O4. The van der Waals surface area contributed by atoms with Crippen LogP contribution in [0.15, 0.2) is 29.3 Å². The molecule has 4 rings (SSSR count). The summed E-state index contributed by atoms with van der Waals surface area (Å²) in [5, 5.41) is 7.12. The van der Waals surface area contributed by atoms with Crippen molar-refractivity contribution < 1.29 is 32.6 Å². The molecule has 0 bridgehead atoms. The topological polar surface area (TPSA) is 82.4 Å². The number of aliphatic imine (C=N–C) groups is 1. The largest absolute Gasteiger partial charge is 0.497 e. The normalized spacial score (nSPS) is 26.5. The zero-order valence-corrected chi connectivity index (χ0v) is 19.9. The minimum Gasteiger partial charge on any atom is -0.497 e. The average Bonchev–Trinajstić information content (AvgIpc) is 3.38. The van der Waals surface area contributed by atoms with Crippen molar-refractivity contribution in [2.24, 2.45) is 22.7 Å². The number of hydrogen-bond acceptors (Lipinski definition) is 5. The van der Waals surface area contributed by atoms with Gasteiger partial charge in [-0.2, -0.15) is 13.2 Å². The van der Waals surface area contributed by atoms with E-state index in [0.717, 1.165) is 50.6 Å². The molecule has 0 radical (unpaired) electrons. The first kappa shape index (κ1) is 26.0. The van der Waals surface area contributed by atoms with Crippen LogP contribution in [0.25, 0.3) is 0 Å². The van der Waals surface area contributed by atoms with Crippen LogP contribution in [0, 0.1) is 17.8 Å². The highest BCUT2D eigenvalue weighted by Gasteiger charge is 2.60. The number of nitrogens with zero attached hydrogens (tertiary/aromatic N) is 3. The molecule has 0 unspecified atom stereocenters. The summed E-state index contributed by atoms with van der Waals surface area (Å²) >= 11 is 0. The van der Waals surface area contributed by atoms with E-state index < -0.39 is 17.7 Å². The standard InChI is InChI=1S/C22H31N3O2.C2HF3O2/c1-15(2)11-25-16(3)23-22(21(25)26)10-9-18-13-24(14-20(18)22)12-17-5-7-19(27-4)8-6-17;3-2(4,5)1(6)7/h5-8,15,18,20H,9-14H2,1-4H3;(H,6,7)/t18-,20+,22-;/m1./s1. The molecule has 0 aromatic heterocycles. The minimum absolute atomic E-state index is 0.257. The number of carboxylic acids is 1. The average molecular weight is 484 g/mol. The van der Waals surface area contributed by atoms with Gasteiger partial charge in [-0.25, -0.2) is 4.79 Å². The van der Waals surface area contributed by atoms with Crippen molar-refractivity contribution >= 4 is 17.7 Å². The number of likely N-dealkylation sites (tertiary alicyclic amines) is 1. The number of amides is 1. The number of methoxy groups -OCH3 is 1. The Kier molecular flexibility index (Phi) is 7.59. The SMILES string of the molecule is COc1ccc(CN2C[C@H]3CC[C@@]4(N=C(C)N(CC(C)C)C4=O)[C@H]3C2)cc1.O=C(O)C(F)(F)F. The second-order valence-corrected chi connectivity index (χ2v) is 9.64. The van der Waals surface area contributed by atoms with Crippen molar-refractivity contribution in [3.05, 3.63) is 29.8 Å². The van der Waals surface area contributed by atoms with Gasteiger partial charge in [0.2, 0.25) is 0 Å². The number of carbonyl (C=O) groups excluding carboxylic acids is 1. The number of alkyl halides is 3. The molecule has 1 aromatic carbocycles. The van der Waals surface area contributed by atoms with E-state index in [1.807, 2.05) is 24.0 Å². The number of carboxylic acid groups (broad SMARTS) is 1. The lowest BCUT2D eigenvalue weighted by molar-refractivity contribution is -0.192. The Morgan fingerprint density at radius 1 is 1.26 bits per heavy atom. The van der Waals surface area contributed by atoms with E-state index >= 15 is 0 Å². The van der Waals surface area contributed by atoms with E-state index in [0.29, 0.717) is 17.8 Å². The van der Waals surface area contributed by atoms with Crippen LogP contribution in [0.1, 0.15) is 39.2 Å². The van der Waals surface area contributed by atoms with Crippen LogP contribution in [0.3, 0.4) is 0 Å². The molecule has 1 aliphatic carbocycles. The number of fused-ring (bicyclic) bond motifs is 2. The molecular weight excluding hydrogens is 451 g/mol. The molecule has 7 nitrogen and oxygen atoms in total. The fourth-order valence-corrected chi connectivity index (χ4v) is 5.27. The van der Waals surface area contributed by atoms with E-state index in [9.17, 15) is 18.0 Å². The van der Waals surface area contributed by atoms with Crippen LogP contribution < -0.4 is 4.74 Å². The van der Waals surface area contributed by atoms with Crippen molar-refractivity contribution in [1.82, 2.24) is 9.80 Å². The van der Waals surface area contributed by atoms with Gasteiger partial charge in [0.15, 0.2) is 0 Å². The lowest BCUT2D eigenvalue weighted by Crippen LogP contribution is -2.47. The summed E-state index contributed by atoms with van der Waals surface area (Å²) in [4.78, 5) is 31.7. The fraction of sp³-hybridized carbons (Fsp3) is 0.625. The molecule has 1 saturated carbocycles. The van der Waals surface area contributed by atoms with Gasteiger partial charge < -0.3 is 9.84 Å². The summed E-state index contributed by atoms with van der Waals surface area (Å²) in [7, 11) is 1.69. The van der Waals surface area contributed by atoms with E-state index in [1.165, 1.54) is 5.56 Å². The van der Waals surface area contributed by atoms with Crippen molar-refractivity contribution in [2.45, 2.75) is 51.9 Å². The van der Waals surface area contributed by atoms with Crippen LogP contribution in [0.5, 0.6) is 5.75 Å². The Bertz CT molecular complexity index is 932. The van der Waals surface area contributed by atoms with Gasteiger partial charge in [-0.05, 0) is 49.3 Å². The maximum absolute atomic E-state index is 13.3. The molecule has 1 aromatic rings. The van der Waals surface area contributed by atoms with E-state index in [4.69, 9.17) is 19.6 Å². The third kappa shape index (κ3) is 5.37. The molecule has 1 saturated heterocycles. The smallest absolute Gasteiger partial charge is 0.490 e. The summed E-state index contributed by atoms with van der Waals surface area (Å²) in [6.45, 7) is 10.1. The zero-order chi connectivity index (χ0) is 25.3. The quantitative estimate of drug-likeness (QED) is 0.689. The predicted molar refractivity (Wildman–Crippen MR) is 121 cm³/mol. The predicted octanol–water partition coefficient (Wildman–Crippen LogP) is 3.83. The van der Waals surface area contributed by atoms with Gasteiger partial charge in [-0.3, -0.25) is 19.6 Å². The molecule has 188 valence electrons. The van der Waals surface area contributed by atoms with Gasteiger partial charge in [-0.15, -0.1) is 0 Å². The van der Waals surface area contributed by atoms with Gasteiger partial charge in [0.25, 0.3) is 5.91 Å². The number of amidine groups is 1. The molecule has 2 fully saturated rings. The number of aliphatic carboxylic acids is 1. The fourth-order valence-electron chi connectivity index (χ4n) is 5.27. The number of rotatable bonds is 5. The number of hydrogen-bond donors (Lipinski definition) is 1. The third-order valence-corrected chi connectivity index (χ3v) is 6.75. The second-order valence-electron chi connectivity index (χ2n) is 9.64. The molecule has 34 heavy (non-hydrogen) atoms. The summed E-state index contributed by atoms with van der Waals surface area (Å²) in [6.07, 6.45) is -3.05. The molecule has 1 amide bonds. The monoisotopic (exact) mass is 483 g/mol.